The summed E-state index contributed by atoms with van der Waals surface area (Å²) < 4.78 is 40.1. The highest BCUT2D eigenvalue weighted by atomic mass is 79.9. The number of benzene rings is 1. The summed E-state index contributed by atoms with van der Waals surface area (Å²) in [6, 6.07) is 6.88. The average Bonchev–Trinajstić information content (AvgIpc) is 2.49. The number of hydrogen-bond acceptors (Lipinski definition) is 3. The van der Waals surface area contributed by atoms with Gasteiger partial charge in [0.05, 0.1) is 9.37 Å². The number of rotatable bonds is 4. The van der Waals surface area contributed by atoms with E-state index >= 15 is 0 Å². The van der Waals surface area contributed by atoms with Gasteiger partial charge in [-0.3, -0.25) is 4.98 Å². The molecule has 1 heterocycles. The Morgan fingerprint density at radius 3 is 2.43 bits per heavy atom. The maximum Gasteiger partial charge on any atom is 0.243 e. The second kappa shape index (κ2) is 6.21. The van der Waals surface area contributed by atoms with E-state index in [9.17, 15) is 12.8 Å². The number of aromatic nitrogens is 1. The quantitative estimate of drug-likeness (QED) is 0.826. The van der Waals surface area contributed by atoms with Crippen molar-refractivity contribution in [1.82, 2.24) is 9.29 Å². The van der Waals surface area contributed by atoms with E-state index in [1.54, 1.807) is 31.5 Å². The van der Waals surface area contributed by atoms with E-state index in [1.807, 2.05) is 0 Å². The molecule has 4 nitrogen and oxygen atoms in total. The number of nitrogens with zero attached hydrogens (tertiary/aromatic N) is 2. The third-order valence-electron chi connectivity index (χ3n) is 3.30. The Morgan fingerprint density at radius 1 is 1.24 bits per heavy atom. The van der Waals surface area contributed by atoms with Gasteiger partial charge in [-0.2, -0.15) is 4.31 Å². The van der Waals surface area contributed by atoms with E-state index in [-0.39, 0.29) is 15.4 Å². The normalized spacial score (nSPS) is 13.4. The van der Waals surface area contributed by atoms with E-state index < -0.39 is 15.8 Å². The van der Waals surface area contributed by atoms with Crippen LogP contribution in [0.15, 0.2) is 52.1 Å². The molecule has 1 atom stereocenters. The Labute approximate surface area is 131 Å². The van der Waals surface area contributed by atoms with Crippen molar-refractivity contribution in [2.75, 3.05) is 7.05 Å². The lowest BCUT2D eigenvalue weighted by atomic mass is 10.1. The molecule has 0 saturated heterocycles. The topological polar surface area (TPSA) is 50.3 Å². The molecule has 0 spiro atoms. The summed E-state index contributed by atoms with van der Waals surface area (Å²) >= 11 is 3.01. The van der Waals surface area contributed by atoms with Gasteiger partial charge < -0.3 is 0 Å². The smallest absolute Gasteiger partial charge is 0.243 e. The summed E-state index contributed by atoms with van der Waals surface area (Å²) in [4.78, 5) is 3.83. The minimum Gasteiger partial charge on any atom is -0.265 e. The fourth-order valence-corrected chi connectivity index (χ4v) is 3.47. The van der Waals surface area contributed by atoms with Gasteiger partial charge >= 0.3 is 0 Å². The van der Waals surface area contributed by atoms with E-state index in [1.165, 1.54) is 23.5 Å². The molecule has 1 aromatic carbocycles. The van der Waals surface area contributed by atoms with Crippen LogP contribution in [0.4, 0.5) is 4.39 Å². The highest BCUT2D eigenvalue weighted by molar-refractivity contribution is 9.10. The minimum absolute atomic E-state index is 0.0772. The van der Waals surface area contributed by atoms with Crippen molar-refractivity contribution in [3.05, 3.63) is 58.6 Å². The number of pyridine rings is 1. The van der Waals surface area contributed by atoms with Crippen LogP contribution in [0, 0.1) is 5.82 Å². The summed E-state index contributed by atoms with van der Waals surface area (Å²) in [5.41, 5.74) is 0.814. The zero-order valence-electron chi connectivity index (χ0n) is 11.5. The van der Waals surface area contributed by atoms with Crippen LogP contribution in [-0.4, -0.2) is 24.8 Å². The van der Waals surface area contributed by atoms with Crippen molar-refractivity contribution >= 4 is 26.0 Å². The first-order valence-corrected chi connectivity index (χ1v) is 8.40. The SMILES string of the molecule is CC(c1ccncc1)N(C)S(=O)(=O)c1ccc(Br)c(F)c1. The molecule has 7 heteroatoms. The van der Waals surface area contributed by atoms with Gasteiger partial charge in [0, 0.05) is 25.5 Å². The molecule has 0 radical (unpaired) electrons. The van der Waals surface area contributed by atoms with Crippen LogP contribution in [0.25, 0.3) is 0 Å². The minimum atomic E-state index is -3.77. The van der Waals surface area contributed by atoms with Gasteiger partial charge in [0.1, 0.15) is 5.82 Å². The van der Waals surface area contributed by atoms with Crippen molar-refractivity contribution in [1.29, 1.82) is 0 Å². The van der Waals surface area contributed by atoms with E-state index in [2.05, 4.69) is 20.9 Å². The Morgan fingerprint density at radius 2 is 1.86 bits per heavy atom. The fourth-order valence-electron chi connectivity index (χ4n) is 1.86. The Bertz CT molecular complexity index is 738. The summed E-state index contributed by atoms with van der Waals surface area (Å²) in [7, 11) is -2.30. The maximum atomic E-state index is 13.6. The van der Waals surface area contributed by atoms with E-state index in [0.29, 0.717) is 0 Å². The lowest BCUT2D eigenvalue weighted by Crippen LogP contribution is -2.29. The molecule has 2 rings (SSSR count). The molecule has 1 aromatic heterocycles. The molecule has 0 bridgehead atoms. The van der Waals surface area contributed by atoms with Gasteiger partial charge in [-0.05, 0) is 58.7 Å². The molecule has 112 valence electrons. The maximum absolute atomic E-state index is 13.6. The van der Waals surface area contributed by atoms with Crippen LogP contribution in [0.5, 0.6) is 0 Å². The molecular weight excluding hydrogens is 359 g/mol. The number of hydrogen-bond donors (Lipinski definition) is 0. The van der Waals surface area contributed by atoms with Crippen LogP contribution >= 0.6 is 15.9 Å². The molecule has 0 aliphatic rings. The van der Waals surface area contributed by atoms with Gasteiger partial charge in [0.15, 0.2) is 0 Å². The van der Waals surface area contributed by atoms with Crippen LogP contribution in [-0.2, 0) is 10.0 Å². The summed E-state index contributed by atoms with van der Waals surface area (Å²) in [6.07, 6.45) is 3.21. The van der Waals surface area contributed by atoms with Crippen molar-refractivity contribution in [3.8, 4) is 0 Å². The van der Waals surface area contributed by atoms with Crippen molar-refractivity contribution in [3.63, 3.8) is 0 Å². The molecule has 0 aliphatic heterocycles. The van der Waals surface area contributed by atoms with Gasteiger partial charge in [-0.25, -0.2) is 12.8 Å². The molecule has 0 fully saturated rings. The van der Waals surface area contributed by atoms with Gasteiger partial charge in [-0.1, -0.05) is 0 Å². The monoisotopic (exact) mass is 372 g/mol. The molecular formula is C14H14BrFN2O2S. The zero-order chi connectivity index (χ0) is 15.6. The lowest BCUT2D eigenvalue weighted by molar-refractivity contribution is 0.398. The Kier molecular flexibility index (Phi) is 4.75. The largest absolute Gasteiger partial charge is 0.265 e. The standard InChI is InChI=1S/C14H14BrFN2O2S/c1-10(11-5-7-17-8-6-11)18(2)21(19,20)12-3-4-13(15)14(16)9-12/h3-10H,1-2H3. The molecule has 0 amide bonds. The van der Waals surface area contributed by atoms with Gasteiger partial charge in [0.25, 0.3) is 0 Å². The number of sulfonamides is 1. The molecule has 0 aliphatic carbocycles. The number of halogens is 2. The second-order valence-corrected chi connectivity index (χ2v) is 7.41. The van der Waals surface area contributed by atoms with Gasteiger partial charge in [0.2, 0.25) is 10.0 Å². The van der Waals surface area contributed by atoms with Crippen LogP contribution in [0.2, 0.25) is 0 Å². The molecule has 1 unspecified atom stereocenters. The predicted octanol–water partition coefficient (Wildman–Crippen LogP) is 3.36. The third-order valence-corrected chi connectivity index (χ3v) is 5.87. The fraction of sp³-hybridized carbons (Fsp3) is 0.214. The Balaban J connectivity index is 2.36. The van der Waals surface area contributed by atoms with Crippen molar-refractivity contribution in [2.24, 2.45) is 0 Å². The van der Waals surface area contributed by atoms with Gasteiger partial charge in [-0.15, -0.1) is 0 Å². The van der Waals surface area contributed by atoms with E-state index in [0.717, 1.165) is 11.6 Å². The highest BCUT2D eigenvalue weighted by Crippen LogP contribution is 2.27. The second-order valence-electron chi connectivity index (χ2n) is 4.55. The molecule has 2 aromatic rings. The van der Waals surface area contributed by atoms with Crippen LogP contribution < -0.4 is 0 Å². The highest BCUT2D eigenvalue weighted by Gasteiger charge is 2.26. The molecule has 0 N–H and O–H groups in total. The molecule has 0 saturated carbocycles. The zero-order valence-corrected chi connectivity index (χ0v) is 13.9. The van der Waals surface area contributed by atoms with Crippen molar-refractivity contribution in [2.45, 2.75) is 17.9 Å². The summed E-state index contributed by atoms with van der Waals surface area (Å²) in [5.74, 6) is -0.610. The van der Waals surface area contributed by atoms with Crippen molar-refractivity contribution < 1.29 is 12.8 Å². The summed E-state index contributed by atoms with van der Waals surface area (Å²) in [6.45, 7) is 1.77. The third kappa shape index (κ3) is 3.30. The summed E-state index contributed by atoms with van der Waals surface area (Å²) in [5, 5.41) is 0. The first-order chi connectivity index (χ1) is 9.84. The van der Waals surface area contributed by atoms with Crippen LogP contribution in [0.3, 0.4) is 0 Å². The first-order valence-electron chi connectivity index (χ1n) is 6.17. The lowest BCUT2D eigenvalue weighted by Gasteiger charge is -2.24. The average molecular weight is 373 g/mol. The first kappa shape index (κ1) is 16.1. The van der Waals surface area contributed by atoms with E-state index in [4.69, 9.17) is 0 Å². The Hall–Kier alpha value is -1.31. The van der Waals surface area contributed by atoms with Crippen LogP contribution in [0.1, 0.15) is 18.5 Å². The molecule has 21 heavy (non-hydrogen) atoms. The predicted molar refractivity (Wildman–Crippen MR) is 81.7 cm³/mol.